The van der Waals surface area contributed by atoms with Gasteiger partial charge in [-0.25, -0.2) is 4.79 Å². The Bertz CT molecular complexity index is 1200. The SMILES string of the molecule is C#Cc1ccccc1C(C(=O)Nc1c(C)cccc1Cl)N(C(=O)C(CO)NC(=O)OC(C)(C)C)C(C)(C)C. The number of aliphatic hydroxyl groups excluding tert-OH is 1. The minimum absolute atomic E-state index is 0.329. The van der Waals surface area contributed by atoms with Crippen molar-refractivity contribution < 1.29 is 24.2 Å². The van der Waals surface area contributed by atoms with E-state index < -0.39 is 47.7 Å². The van der Waals surface area contributed by atoms with Gasteiger partial charge in [-0.2, -0.15) is 0 Å². The van der Waals surface area contributed by atoms with Gasteiger partial charge in [0.15, 0.2) is 0 Å². The summed E-state index contributed by atoms with van der Waals surface area (Å²) in [7, 11) is 0. The van der Waals surface area contributed by atoms with Crippen LogP contribution in [0.1, 0.15) is 64.3 Å². The minimum atomic E-state index is -1.39. The number of rotatable bonds is 7. The Morgan fingerprint density at radius 3 is 2.24 bits per heavy atom. The van der Waals surface area contributed by atoms with Crippen LogP contribution < -0.4 is 10.6 Å². The van der Waals surface area contributed by atoms with Gasteiger partial charge >= 0.3 is 6.09 Å². The Morgan fingerprint density at radius 1 is 1.08 bits per heavy atom. The molecule has 0 aromatic heterocycles. The van der Waals surface area contributed by atoms with Crippen molar-refractivity contribution in [3.63, 3.8) is 0 Å². The van der Waals surface area contributed by atoms with Gasteiger partial charge in [-0.1, -0.05) is 47.9 Å². The molecule has 3 amide bonds. The maximum atomic E-state index is 14.0. The number of aliphatic hydroxyl groups is 1. The average molecular weight is 542 g/mol. The van der Waals surface area contributed by atoms with Crippen molar-refractivity contribution in [2.45, 2.75) is 71.7 Å². The lowest BCUT2D eigenvalue weighted by Gasteiger charge is -2.43. The zero-order chi connectivity index (χ0) is 28.8. The summed E-state index contributed by atoms with van der Waals surface area (Å²) in [5.74, 6) is 1.31. The quantitative estimate of drug-likeness (QED) is 0.435. The van der Waals surface area contributed by atoms with Crippen LogP contribution in [0.4, 0.5) is 10.5 Å². The van der Waals surface area contributed by atoms with Crippen molar-refractivity contribution in [2.24, 2.45) is 0 Å². The number of alkyl carbamates (subject to hydrolysis) is 1. The van der Waals surface area contributed by atoms with E-state index in [1.165, 1.54) is 4.90 Å². The molecule has 38 heavy (non-hydrogen) atoms. The molecule has 204 valence electrons. The molecule has 2 aromatic rings. The van der Waals surface area contributed by atoms with E-state index in [2.05, 4.69) is 16.6 Å². The first kappa shape index (κ1) is 30.7. The number of terminal acetylenes is 1. The standard InChI is InChI=1S/C29H36ClN3O5/c1-9-19-14-10-11-15-20(19)24(25(35)32-23-18(2)13-12-16-21(23)30)33(28(3,4)5)26(36)22(17-34)31-27(37)38-29(6,7)8/h1,10-16,22,24,34H,17H2,2-8H3,(H,31,37)(H,32,35). The average Bonchev–Trinajstić information content (AvgIpc) is 2.80. The van der Waals surface area contributed by atoms with Gasteiger partial charge < -0.3 is 25.4 Å². The normalized spacial score (nSPS) is 13.1. The van der Waals surface area contributed by atoms with E-state index in [1.807, 2.05) is 0 Å². The molecule has 2 aromatic carbocycles. The van der Waals surface area contributed by atoms with E-state index in [-0.39, 0.29) is 0 Å². The Labute approximate surface area is 229 Å². The van der Waals surface area contributed by atoms with Crippen molar-refractivity contribution in [3.8, 4) is 12.3 Å². The Balaban J connectivity index is 2.64. The number of hydrogen-bond donors (Lipinski definition) is 3. The maximum absolute atomic E-state index is 14.0. The van der Waals surface area contributed by atoms with E-state index >= 15 is 0 Å². The number of carbonyl (C=O) groups is 3. The molecule has 0 saturated carbocycles. The third-order valence-electron chi connectivity index (χ3n) is 5.52. The molecule has 0 aliphatic rings. The number of hydrogen-bond acceptors (Lipinski definition) is 5. The molecule has 9 heteroatoms. The van der Waals surface area contributed by atoms with Crippen LogP contribution >= 0.6 is 11.6 Å². The van der Waals surface area contributed by atoms with Crippen LogP contribution in [0.15, 0.2) is 42.5 Å². The number of aryl methyl sites for hydroxylation is 1. The van der Waals surface area contributed by atoms with Crippen LogP contribution in [-0.4, -0.2) is 51.7 Å². The van der Waals surface area contributed by atoms with Gasteiger partial charge in [0.25, 0.3) is 5.91 Å². The number of benzene rings is 2. The summed E-state index contributed by atoms with van der Waals surface area (Å²) in [5, 5.41) is 15.7. The summed E-state index contributed by atoms with van der Waals surface area (Å²) in [6.07, 6.45) is 4.89. The highest BCUT2D eigenvalue weighted by Gasteiger charge is 2.42. The smallest absolute Gasteiger partial charge is 0.408 e. The predicted molar refractivity (Wildman–Crippen MR) is 149 cm³/mol. The van der Waals surface area contributed by atoms with E-state index in [1.54, 1.807) is 90.9 Å². The van der Waals surface area contributed by atoms with Crippen molar-refractivity contribution in [1.29, 1.82) is 0 Å². The number of para-hydroxylation sites is 1. The Morgan fingerprint density at radius 2 is 1.71 bits per heavy atom. The van der Waals surface area contributed by atoms with Gasteiger partial charge in [0.1, 0.15) is 17.7 Å². The highest BCUT2D eigenvalue weighted by Crippen LogP contribution is 2.34. The van der Waals surface area contributed by atoms with Gasteiger partial charge in [0, 0.05) is 11.1 Å². The lowest BCUT2D eigenvalue weighted by atomic mass is 9.92. The van der Waals surface area contributed by atoms with Crippen molar-refractivity contribution >= 4 is 35.2 Å². The molecular formula is C29H36ClN3O5. The summed E-state index contributed by atoms with van der Waals surface area (Å²) in [4.78, 5) is 41.7. The monoisotopic (exact) mass is 541 g/mol. The molecule has 2 rings (SSSR count). The number of ether oxygens (including phenoxy) is 1. The van der Waals surface area contributed by atoms with E-state index in [0.717, 1.165) is 5.56 Å². The molecule has 2 atom stereocenters. The van der Waals surface area contributed by atoms with Gasteiger partial charge in [-0.3, -0.25) is 9.59 Å². The van der Waals surface area contributed by atoms with Crippen LogP contribution in [0.2, 0.25) is 5.02 Å². The van der Waals surface area contributed by atoms with Crippen LogP contribution in [0.5, 0.6) is 0 Å². The van der Waals surface area contributed by atoms with Crippen molar-refractivity contribution in [2.75, 3.05) is 11.9 Å². The highest BCUT2D eigenvalue weighted by atomic mass is 35.5. The molecule has 0 fully saturated rings. The molecule has 8 nitrogen and oxygen atoms in total. The predicted octanol–water partition coefficient (Wildman–Crippen LogP) is 4.82. The largest absolute Gasteiger partial charge is 0.444 e. The van der Waals surface area contributed by atoms with Crippen molar-refractivity contribution in [1.82, 2.24) is 10.2 Å². The molecule has 3 N–H and O–H groups in total. The first-order valence-electron chi connectivity index (χ1n) is 12.2. The second kappa shape index (κ2) is 12.3. The van der Waals surface area contributed by atoms with Crippen LogP contribution in [0.3, 0.4) is 0 Å². The molecule has 0 saturated heterocycles. The number of nitrogens with zero attached hydrogens (tertiary/aromatic N) is 1. The van der Waals surface area contributed by atoms with E-state index in [4.69, 9.17) is 22.8 Å². The molecule has 0 radical (unpaired) electrons. The minimum Gasteiger partial charge on any atom is -0.444 e. The van der Waals surface area contributed by atoms with Crippen LogP contribution in [0.25, 0.3) is 0 Å². The van der Waals surface area contributed by atoms with Crippen LogP contribution in [0, 0.1) is 19.3 Å². The summed E-state index contributed by atoms with van der Waals surface area (Å²) < 4.78 is 5.27. The third kappa shape index (κ3) is 7.73. The first-order valence-corrected chi connectivity index (χ1v) is 12.5. The summed E-state index contributed by atoms with van der Waals surface area (Å²) in [6, 6.07) is 9.36. The molecule has 2 unspecified atom stereocenters. The first-order chi connectivity index (χ1) is 17.6. The number of nitrogens with one attached hydrogen (secondary N) is 2. The third-order valence-corrected chi connectivity index (χ3v) is 5.83. The lowest BCUT2D eigenvalue weighted by molar-refractivity contribution is -0.147. The highest BCUT2D eigenvalue weighted by molar-refractivity contribution is 6.34. The zero-order valence-corrected chi connectivity index (χ0v) is 23.6. The Hall–Kier alpha value is -3.54. The second-order valence-corrected chi connectivity index (χ2v) is 11.2. The Kier molecular flexibility index (Phi) is 9.96. The molecular weight excluding hydrogens is 506 g/mol. The summed E-state index contributed by atoms with van der Waals surface area (Å²) in [6.45, 7) is 11.3. The fourth-order valence-corrected chi connectivity index (χ4v) is 4.16. The fraction of sp³-hybridized carbons (Fsp3) is 0.414. The van der Waals surface area contributed by atoms with Gasteiger partial charge in [-0.05, 0) is 71.7 Å². The topological polar surface area (TPSA) is 108 Å². The molecule has 0 aliphatic carbocycles. The van der Waals surface area contributed by atoms with Gasteiger partial charge in [0.05, 0.1) is 17.3 Å². The van der Waals surface area contributed by atoms with E-state index in [9.17, 15) is 19.5 Å². The lowest BCUT2D eigenvalue weighted by Crippen LogP contribution is -2.59. The zero-order valence-electron chi connectivity index (χ0n) is 22.9. The van der Waals surface area contributed by atoms with Gasteiger partial charge in [0.2, 0.25) is 5.91 Å². The second-order valence-electron chi connectivity index (χ2n) is 10.8. The number of anilines is 1. The van der Waals surface area contributed by atoms with Gasteiger partial charge in [-0.15, -0.1) is 6.42 Å². The van der Waals surface area contributed by atoms with Crippen LogP contribution in [-0.2, 0) is 14.3 Å². The number of halogens is 1. The molecule has 0 heterocycles. The number of amides is 3. The molecule has 0 spiro atoms. The van der Waals surface area contributed by atoms with E-state index in [0.29, 0.717) is 21.8 Å². The van der Waals surface area contributed by atoms with Crippen molar-refractivity contribution in [3.05, 3.63) is 64.2 Å². The summed E-state index contributed by atoms with van der Waals surface area (Å²) >= 11 is 6.38. The maximum Gasteiger partial charge on any atom is 0.408 e. The molecule has 0 aliphatic heterocycles. The fourth-order valence-electron chi connectivity index (χ4n) is 3.89. The summed E-state index contributed by atoms with van der Waals surface area (Å²) in [5.41, 5.74) is 0.148. The molecule has 0 bridgehead atoms. The number of carbonyl (C=O) groups excluding carboxylic acids is 3.